The molecule has 4 nitrogen and oxygen atoms in total. The van der Waals surface area contributed by atoms with Gasteiger partial charge in [-0.1, -0.05) is 0 Å². The maximum atomic E-state index is 13.2. The Morgan fingerprint density at radius 1 is 1.56 bits per heavy atom. The first-order valence-electron chi connectivity index (χ1n) is 5.56. The van der Waals surface area contributed by atoms with Gasteiger partial charge in [0.1, 0.15) is 0 Å². The van der Waals surface area contributed by atoms with E-state index in [4.69, 9.17) is 5.11 Å². The van der Waals surface area contributed by atoms with Gasteiger partial charge >= 0.3 is 0 Å². The summed E-state index contributed by atoms with van der Waals surface area (Å²) in [5, 5.41) is 12.0. The van der Waals surface area contributed by atoms with Crippen LogP contribution in [0.15, 0.2) is 0 Å². The molecule has 0 aromatic carbocycles. The number of alkyl halides is 2. The average molecular weight is 234 g/mol. The van der Waals surface area contributed by atoms with Crippen LogP contribution in [0.3, 0.4) is 0 Å². The smallest absolute Gasteiger partial charge is 0.267 e. The van der Waals surface area contributed by atoms with Crippen LogP contribution in [0.5, 0.6) is 0 Å². The minimum absolute atomic E-state index is 0.297. The molecule has 2 heterocycles. The van der Waals surface area contributed by atoms with Crippen molar-refractivity contribution in [2.24, 2.45) is 0 Å². The lowest BCUT2D eigenvalue weighted by Gasteiger charge is -2.25. The highest BCUT2D eigenvalue weighted by Crippen LogP contribution is 2.32. The molecule has 0 bridgehead atoms. The fourth-order valence-electron chi connectivity index (χ4n) is 2.41. The Kier molecular flexibility index (Phi) is 3.12. The number of amides is 1. The predicted molar refractivity (Wildman–Crippen MR) is 53.2 cm³/mol. The molecular weight excluding hydrogens is 218 g/mol. The monoisotopic (exact) mass is 234 g/mol. The summed E-state index contributed by atoms with van der Waals surface area (Å²) < 4.78 is 26.3. The van der Waals surface area contributed by atoms with Crippen molar-refractivity contribution in [2.75, 3.05) is 19.7 Å². The van der Waals surface area contributed by atoms with Gasteiger partial charge in [-0.15, -0.1) is 0 Å². The Bertz CT molecular complexity index is 280. The topological polar surface area (TPSA) is 52.6 Å². The van der Waals surface area contributed by atoms with Gasteiger partial charge in [0.05, 0.1) is 25.2 Å². The van der Waals surface area contributed by atoms with E-state index < -0.39 is 31.5 Å². The molecule has 2 aliphatic heterocycles. The second-order valence-corrected chi connectivity index (χ2v) is 4.51. The van der Waals surface area contributed by atoms with E-state index in [1.807, 2.05) is 0 Å². The lowest BCUT2D eigenvalue weighted by molar-refractivity contribution is -0.135. The molecule has 2 aliphatic rings. The number of likely N-dealkylation sites (tertiary alicyclic amines) is 1. The number of nitrogens with one attached hydrogen (secondary N) is 1. The standard InChI is InChI=1S/C10H16F2N2O2/c11-10(12)4-7(5-15)14(6-10)9(16)8-2-1-3-13-8/h7-8,13,15H,1-6H2. The van der Waals surface area contributed by atoms with Crippen LogP contribution in [0.25, 0.3) is 0 Å². The Labute approximate surface area is 92.6 Å². The SMILES string of the molecule is O=C(C1CCCN1)N1CC(F)(F)CC1CO. The maximum absolute atomic E-state index is 13.2. The number of halogens is 2. The molecule has 2 atom stereocenters. The first kappa shape index (κ1) is 11.7. The summed E-state index contributed by atoms with van der Waals surface area (Å²) in [4.78, 5) is 13.1. The quantitative estimate of drug-likeness (QED) is 0.705. The van der Waals surface area contributed by atoms with E-state index in [9.17, 15) is 13.6 Å². The average Bonchev–Trinajstić information content (AvgIpc) is 2.83. The molecule has 2 saturated heterocycles. The summed E-state index contributed by atoms with van der Waals surface area (Å²) in [7, 11) is 0. The van der Waals surface area contributed by atoms with Crippen molar-refractivity contribution in [1.82, 2.24) is 10.2 Å². The number of aliphatic hydroxyl groups is 1. The molecule has 0 aliphatic carbocycles. The summed E-state index contributed by atoms with van der Waals surface area (Å²) in [6, 6.07) is -1.08. The van der Waals surface area contributed by atoms with Crippen molar-refractivity contribution in [2.45, 2.75) is 37.3 Å². The van der Waals surface area contributed by atoms with Crippen LogP contribution in [-0.4, -0.2) is 53.6 Å². The Morgan fingerprint density at radius 2 is 2.31 bits per heavy atom. The van der Waals surface area contributed by atoms with Crippen molar-refractivity contribution < 1.29 is 18.7 Å². The molecular formula is C10H16F2N2O2. The van der Waals surface area contributed by atoms with E-state index in [0.717, 1.165) is 17.9 Å². The summed E-state index contributed by atoms with van der Waals surface area (Å²) in [6.45, 7) is -0.201. The van der Waals surface area contributed by atoms with Crippen LogP contribution in [0.4, 0.5) is 8.78 Å². The van der Waals surface area contributed by atoms with E-state index >= 15 is 0 Å². The second-order valence-electron chi connectivity index (χ2n) is 4.51. The molecule has 2 fully saturated rings. The Morgan fingerprint density at radius 3 is 2.88 bits per heavy atom. The lowest BCUT2D eigenvalue weighted by Crippen LogP contribution is -2.47. The summed E-state index contributed by atoms with van der Waals surface area (Å²) in [5.74, 6) is -3.16. The van der Waals surface area contributed by atoms with Crippen molar-refractivity contribution in [3.63, 3.8) is 0 Å². The van der Waals surface area contributed by atoms with E-state index in [-0.39, 0.29) is 11.9 Å². The molecule has 16 heavy (non-hydrogen) atoms. The maximum Gasteiger partial charge on any atom is 0.267 e. The summed E-state index contributed by atoms with van der Waals surface area (Å²) in [5.41, 5.74) is 0. The van der Waals surface area contributed by atoms with Crippen LogP contribution in [0, 0.1) is 0 Å². The van der Waals surface area contributed by atoms with Crippen LogP contribution in [0.1, 0.15) is 19.3 Å². The van der Waals surface area contributed by atoms with E-state index in [1.165, 1.54) is 0 Å². The van der Waals surface area contributed by atoms with Crippen LogP contribution < -0.4 is 5.32 Å². The number of hydrogen-bond acceptors (Lipinski definition) is 3. The van der Waals surface area contributed by atoms with Crippen LogP contribution in [0.2, 0.25) is 0 Å². The first-order valence-corrected chi connectivity index (χ1v) is 5.56. The molecule has 1 amide bonds. The zero-order chi connectivity index (χ0) is 11.8. The Balaban J connectivity index is 2.04. The molecule has 0 radical (unpaired) electrons. The lowest BCUT2D eigenvalue weighted by atomic mass is 10.1. The number of rotatable bonds is 2. The van der Waals surface area contributed by atoms with Gasteiger partial charge < -0.3 is 15.3 Å². The highest BCUT2D eigenvalue weighted by Gasteiger charge is 2.47. The van der Waals surface area contributed by atoms with Gasteiger partial charge in [-0.25, -0.2) is 8.78 Å². The zero-order valence-corrected chi connectivity index (χ0v) is 8.96. The Hall–Kier alpha value is -0.750. The second kappa shape index (κ2) is 4.25. The van der Waals surface area contributed by atoms with Crippen molar-refractivity contribution in [1.29, 1.82) is 0 Å². The van der Waals surface area contributed by atoms with E-state index in [1.54, 1.807) is 0 Å². The highest BCUT2D eigenvalue weighted by atomic mass is 19.3. The minimum atomic E-state index is -2.86. The normalized spacial score (nSPS) is 33.3. The number of hydrogen-bond donors (Lipinski definition) is 2. The minimum Gasteiger partial charge on any atom is -0.394 e. The third kappa shape index (κ3) is 2.17. The molecule has 2 N–H and O–H groups in total. The number of carbonyl (C=O) groups is 1. The number of aliphatic hydroxyl groups excluding tert-OH is 1. The third-order valence-electron chi connectivity index (χ3n) is 3.23. The molecule has 0 aromatic heterocycles. The van der Waals surface area contributed by atoms with Gasteiger partial charge in [0, 0.05) is 6.42 Å². The van der Waals surface area contributed by atoms with Gasteiger partial charge in [-0.2, -0.15) is 0 Å². The van der Waals surface area contributed by atoms with Gasteiger partial charge in [0.15, 0.2) is 0 Å². The van der Waals surface area contributed by atoms with Gasteiger partial charge in [0.25, 0.3) is 5.92 Å². The largest absolute Gasteiger partial charge is 0.394 e. The highest BCUT2D eigenvalue weighted by molar-refractivity contribution is 5.83. The van der Waals surface area contributed by atoms with Crippen LogP contribution >= 0.6 is 0 Å². The van der Waals surface area contributed by atoms with Gasteiger partial charge in [-0.05, 0) is 19.4 Å². The van der Waals surface area contributed by atoms with Crippen molar-refractivity contribution in [3.05, 3.63) is 0 Å². The predicted octanol–water partition coefficient (Wildman–Crippen LogP) is -0.0331. The van der Waals surface area contributed by atoms with E-state index in [2.05, 4.69) is 5.32 Å². The molecule has 2 unspecified atom stereocenters. The molecule has 0 aromatic rings. The molecule has 6 heteroatoms. The molecule has 0 saturated carbocycles. The van der Waals surface area contributed by atoms with Crippen molar-refractivity contribution in [3.8, 4) is 0 Å². The number of nitrogens with zero attached hydrogens (tertiary/aromatic N) is 1. The third-order valence-corrected chi connectivity index (χ3v) is 3.23. The van der Waals surface area contributed by atoms with Crippen molar-refractivity contribution >= 4 is 5.91 Å². The fraction of sp³-hybridized carbons (Fsp3) is 0.900. The molecule has 92 valence electrons. The van der Waals surface area contributed by atoms with Crippen LogP contribution in [-0.2, 0) is 4.79 Å². The molecule has 0 spiro atoms. The summed E-state index contributed by atoms with van der Waals surface area (Å²) >= 11 is 0. The number of carbonyl (C=O) groups excluding carboxylic acids is 1. The fourth-order valence-corrected chi connectivity index (χ4v) is 2.41. The van der Waals surface area contributed by atoms with Gasteiger partial charge in [0.2, 0.25) is 5.91 Å². The summed E-state index contributed by atoms with van der Waals surface area (Å²) in [6.07, 6.45) is 1.16. The first-order chi connectivity index (χ1) is 7.53. The molecule has 2 rings (SSSR count). The van der Waals surface area contributed by atoms with E-state index in [0.29, 0.717) is 6.42 Å². The van der Waals surface area contributed by atoms with Gasteiger partial charge in [-0.3, -0.25) is 4.79 Å². The zero-order valence-electron chi connectivity index (χ0n) is 8.96.